The number of carbonyl (C=O) groups excluding carboxylic acids is 1. The van der Waals surface area contributed by atoms with Crippen molar-refractivity contribution in [1.29, 1.82) is 0 Å². The van der Waals surface area contributed by atoms with E-state index in [9.17, 15) is 4.79 Å². The minimum absolute atomic E-state index is 0.000552. The molecule has 0 radical (unpaired) electrons. The van der Waals surface area contributed by atoms with E-state index in [2.05, 4.69) is 40.9 Å². The zero-order valence-corrected chi connectivity index (χ0v) is 14.9. The minimum atomic E-state index is -0.000552. The first-order valence-electron chi connectivity index (χ1n) is 7.73. The smallest absolute Gasteiger partial charge is 0.243 e. The van der Waals surface area contributed by atoms with Crippen molar-refractivity contribution >= 4 is 23.2 Å². The van der Waals surface area contributed by atoms with E-state index in [0.717, 1.165) is 19.5 Å². The average Bonchev–Trinajstić information content (AvgIpc) is 2.97. The molecule has 1 rings (SSSR count). The van der Waals surface area contributed by atoms with Crippen molar-refractivity contribution < 1.29 is 4.79 Å². The molecule has 0 unspecified atom stereocenters. The van der Waals surface area contributed by atoms with Gasteiger partial charge in [0.05, 0.1) is 6.54 Å². The Balaban J connectivity index is 2.47. The maximum Gasteiger partial charge on any atom is 0.243 e. The normalized spacial score (nSPS) is 11.6. The molecule has 0 spiro atoms. The molecular weight excluding hydrogens is 296 g/mol. The van der Waals surface area contributed by atoms with Gasteiger partial charge in [0.2, 0.25) is 5.91 Å². The number of rotatable bonds is 8. The van der Waals surface area contributed by atoms with Crippen LogP contribution in [0.25, 0.3) is 0 Å². The lowest BCUT2D eigenvalue weighted by Crippen LogP contribution is -2.38. The summed E-state index contributed by atoms with van der Waals surface area (Å²) in [5.74, 6) is 1.41. The Morgan fingerprint density at radius 2 is 2.14 bits per heavy atom. The molecule has 1 aromatic rings. The zero-order valence-electron chi connectivity index (χ0n) is 14.1. The fourth-order valence-electron chi connectivity index (χ4n) is 1.76. The van der Waals surface area contributed by atoms with Gasteiger partial charge >= 0.3 is 0 Å². The molecule has 0 aliphatic carbocycles. The SMILES string of the molecule is CC(C)CCCNC(=NCC(=O)N(C)C)NCc1cccs1. The minimum Gasteiger partial charge on any atom is -0.356 e. The molecule has 0 bridgehead atoms. The molecule has 0 saturated carbocycles. The Morgan fingerprint density at radius 3 is 2.73 bits per heavy atom. The van der Waals surface area contributed by atoms with Gasteiger partial charge in [-0.05, 0) is 30.2 Å². The predicted octanol–water partition coefficient (Wildman–Crippen LogP) is 2.31. The van der Waals surface area contributed by atoms with Gasteiger partial charge < -0.3 is 15.5 Å². The number of likely N-dealkylation sites (N-methyl/N-ethyl adjacent to an activating group) is 1. The highest BCUT2D eigenvalue weighted by molar-refractivity contribution is 7.09. The number of nitrogens with zero attached hydrogens (tertiary/aromatic N) is 2. The Labute approximate surface area is 137 Å². The Kier molecular flexibility index (Phi) is 8.58. The largest absolute Gasteiger partial charge is 0.356 e. The summed E-state index contributed by atoms with van der Waals surface area (Å²) in [4.78, 5) is 18.8. The number of hydrogen-bond acceptors (Lipinski definition) is 3. The van der Waals surface area contributed by atoms with Crippen molar-refractivity contribution in [3.05, 3.63) is 22.4 Å². The van der Waals surface area contributed by atoms with E-state index in [4.69, 9.17) is 0 Å². The summed E-state index contributed by atoms with van der Waals surface area (Å²) in [5, 5.41) is 8.64. The lowest BCUT2D eigenvalue weighted by atomic mass is 10.1. The van der Waals surface area contributed by atoms with Crippen LogP contribution in [0, 0.1) is 5.92 Å². The number of carbonyl (C=O) groups is 1. The summed E-state index contributed by atoms with van der Waals surface area (Å²) in [6, 6.07) is 4.11. The molecule has 5 nitrogen and oxygen atoms in total. The second kappa shape index (κ2) is 10.2. The number of guanidine groups is 1. The van der Waals surface area contributed by atoms with E-state index in [0.29, 0.717) is 11.9 Å². The zero-order chi connectivity index (χ0) is 16.4. The Bertz CT molecular complexity index is 455. The van der Waals surface area contributed by atoms with Crippen molar-refractivity contribution in [1.82, 2.24) is 15.5 Å². The monoisotopic (exact) mass is 324 g/mol. The molecule has 0 aromatic carbocycles. The van der Waals surface area contributed by atoms with Crippen molar-refractivity contribution in [2.45, 2.75) is 33.2 Å². The van der Waals surface area contributed by atoms with Crippen LogP contribution in [0.2, 0.25) is 0 Å². The fourth-order valence-corrected chi connectivity index (χ4v) is 2.41. The lowest BCUT2D eigenvalue weighted by molar-refractivity contribution is -0.127. The summed E-state index contributed by atoms with van der Waals surface area (Å²) in [5.41, 5.74) is 0. The number of aliphatic imine (C=N–C) groups is 1. The van der Waals surface area contributed by atoms with E-state index in [-0.39, 0.29) is 12.5 Å². The Morgan fingerprint density at radius 1 is 1.36 bits per heavy atom. The molecule has 6 heteroatoms. The highest BCUT2D eigenvalue weighted by Gasteiger charge is 2.05. The van der Waals surface area contributed by atoms with E-state index in [1.807, 2.05) is 6.07 Å². The van der Waals surface area contributed by atoms with Crippen molar-refractivity contribution in [2.24, 2.45) is 10.9 Å². The fraction of sp³-hybridized carbons (Fsp3) is 0.625. The first-order chi connectivity index (χ1) is 10.5. The van der Waals surface area contributed by atoms with Gasteiger partial charge in [0, 0.05) is 25.5 Å². The third-order valence-corrected chi connectivity index (χ3v) is 4.01. The molecule has 2 N–H and O–H groups in total. The molecular formula is C16H28N4OS. The van der Waals surface area contributed by atoms with Gasteiger partial charge in [-0.3, -0.25) is 4.79 Å². The summed E-state index contributed by atoms with van der Waals surface area (Å²) < 4.78 is 0. The van der Waals surface area contributed by atoms with Gasteiger partial charge in [0.1, 0.15) is 6.54 Å². The average molecular weight is 324 g/mol. The molecule has 22 heavy (non-hydrogen) atoms. The van der Waals surface area contributed by atoms with Crippen molar-refractivity contribution in [3.8, 4) is 0 Å². The molecule has 0 aliphatic heterocycles. The van der Waals surface area contributed by atoms with Gasteiger partial charge in [0.15, 0.2) is 5.96 Å². The number of thiophene rings is 1. The second-order valence-electron chi connectivity index (χ2n) is 5.85. The summed E-state index contributed by atoms with van der Waals surface area (Å²) in [6.45, 7) is 6.20. The van der Waals surface area contributed by atoms with Crippen LogP contribution in [0.15, 0.2) is 22.5 Å². The molecule has 1 amide bonds. The maximum atomic E-state index is 11.7. The van der Waals surface area contributed by atoms with Crippen molar-refractivity contribution in [2.75, 3.05) is 27.2 Å². The lowest BCUT2D eigenvalue weighted by Gasteiger charge is -2.14. The summed E-state index contributed by atoms with van der Waals surface area (Å²) >= 11 is 1.71. The number of amides is 1. The number of hydrogen-bond donors (Lipinski definition) is 2. The molecule has 1 aromatic heterocycles. The van der Waals surface area contributed by atoms with Gasteiger partial charge in [-0.25, -0.2) is 4.99 Å². The number of nitrogens with one attached hydrogen (secondary N) is 2. The van der Waals surface area contributed by atoms with Crippen molar-refractivity contribution in [3.63, 3.8) is 0 Å². The van der Waals surface area contributed by atoms with Gasteiger partial charge in [-0.15, -0.1) is 11.3 Å². The first kappa shape index (κ1) is 18.5. The predicted molar refractivity (Wildman–Crippen MR) is 94.2 cm³/mol. The van der Waals surface area contributed by atoms with E-state index < -0.39 is 0 Å². The van der Waals surface area contributed by atoms with Gasteiger partial charge in [-0.2, -0.15) is 0 Å². The quantitative estimate of drug-likeness (QED) is 0.438. The van der Waals surface area contributed by atoms with Crippen LogP contribution < -0.4 is 10.6 Å². The van der Waals surface area contributed by atoms with Crippen LogP contribution in [-0.4, -0.2) is 44.0 Å². The molecule has 0 aliphatic rings. The van der Waals surface area contributed by atoms with E-state index >= 15 is 0 Å². The summed E-state index contributed by atoms with van der Waals surface area (Å²) in [7, 11) is 3.49. The van der Waals surface area contributed by atoms with E-state index in [1.165, 1.54) is 11.3 Å². The van der Waals surface area contributed by atoms with Crippen LogP contribution in [0.3, 0.4) is 0 Å². The van der Waals surface area contributed by atoms with Crippen LogP contribution in [0.1, 0.15) is 31.6 Å². The van der Waals surface area contributed by atoms with Crippen LogP contribution in [-0.2, 0) is 11.3 Å². The molecule has 0 atom stereocenters. The standard InChI is InChI=1S/C16H28N4OS/c1-13(2)7-5-9-17-16(19-12-15(21)20(3)4)18-11-14-8-6-10-22-14/h6,8,10,13H,5,7,9,11-12H2,1-4H3,(H2,17,18,19). The molecule has 0 fully saturated rings. The first-order valence-corrected chi connectivity index (χ1v) is 8.61. The Hall–Kier alpha value is -1.56. The third-order valence-electron chi connectivity index (χ3n) is 3.13. The summed E-state index contributed by atoms with van der Waals surface area (Å²) in [6.07, 6.45) is 2.28. The van der Waals surface area contributed by atoms with Crippen LogP contribution in [0.4, 0.5) is 0 Å². The molecule has 124 valence electrons. The van der Waals surface area contributed by atoms with Crippen LogP contribution in [0.5, 0.6) is 0 Å². The van der Waals surface area contributed by atoms with Gasteiger partial charge in [-0.1, -0.05) is 19.9 Å². The maximum absolute atomic E-state index is 11.7. The highest BCUT2D eigenvalue weighted by atomic mass is 32.1. The van der Waals surface area contributed by atoms with E-state index in [1.54, 1.807) is 30.3 Å². The third kappa shape index (κ3) is 8.02. The topological polar surface area (TPSA) is 56.7 Å². The highest BCUT2D eigenvalue weighted by Crippen LogP contribution is 2.07. The molecule has 1 heterocycles. The second-order valence-corrected chi connectivity index (χ2v) is 6.88. The van der Waals surface area contributed by atoms with Gasteiger partial charge in [0.25, 0.3) is 0 Å². The van der Waals surface area contributed by atoms with Crippen LogP contribution >= 0.6 is 11.3 Å². The molecule has 0 saturated heterocycles.